The van der Waals surface area contributed by atoms with E-state index >= 15 is 0 Å². The van der Waals surface area contributed by atoms with E-state index in [1.54, 1.807) is 0 Å². The maximum absolute atomic E-state index is 12.7. The van der Waals surface area contributed by atoms with Gasteiger partial charge in [0.1, 0.15) is 12.1 Å². The lowest BCUT2D eigenvalue weighted by Crippen LogP contribution is -2.54. The third-order valence-electron chi connectivity index (χ3n) is 6.66. The van der Waals surface area contributed by atoms with Gasteiger partial charge in [0.15, 0.2) is 0 Å². The lowest BCUT2D eigenvalue weighted by molar-refractivity contribution is -0.144. The van der Waals surface area contributed by atoms with E-state index in [1.807, 2.05) is 36.4 Å². The molecule has 1 unspecified atom stereocenters. The van der Waals surface area contributed by atoms with Crippen LogP contribution in [0.25, 0.3) is 11.1 Å². The predicted octanol–water partition coefficient (Wildman–Crippen LogP) is 4.62. The molecule has 0 radical (unpaired) electrons. The first kappa shape index (κ1) is 21.8. The molecule has 3 aromatic rings. The van der Waals surface area contributed by atoms with Crippen LogP contribution < -0.4 is 10.6 Å². The summed E-state index contributed by atoms with van der Waals surface area (Å²) in [5.41, 5.74) is 3.14. The van der Waals surface area contributed by atoms with Crippen LogP contribution in [0.4, 0.5) is 10.5 Å². The van der Waals surface area contributed by atoms with Crippen molar-refractivity contribution in [3.63, 3.8) is 0 Å². The SMILES string of the molecule is CC(NC(=O)c1occc1NC(=O)OCC1c2ccccc2-c2ccccc21)(C(=O)O)C1CC1. The Bertz CT molecular complexity index is 1230. The fourth-order valence-electron chi connectivity index (χ4n) is 4.61. The summed E-state index contributed by atoms with van der Waals surface area (Å²) < 4.78 is 10.8. The molecule has 8 heteroatoms. The van der Waals surface area contributed by atoms with Gasteiger partial charge >= 0.3 is 12.1 Å². The van der Waals surface area contributed by atoms with E-state index in [9.17, 15) is 19.5 Å². The van der Waals surface area contributed by atoms with Crippen molar-refractivity contribution < 1.29 is 28.6 Å². The molecule has 2 aliphatic carbocycles. The molecular formula is C26H24N2O6. The Balaban J connectivity index is 1.26. The summed E-state index contributed by atoms with van der Waals surface area (Å²) in [7, 11) is 0. The van der Waals surface area contributed by atoms with E-state index < -0.39 is 23.5 Å². The third kappa shape index (κ3) is 3.81. The van der Waals surface area contributed by atoms with Crippen molar-refractivity contribution in [1.82, 2.24) is 5.32 Å². The second-order valence-corrected chi connectivity index (χ2v) is 8.85. The number of hydrogen-bond acceptors (Lipinski definition) is 5. The molecule has 2 amide bonds. The minimum Gasteiger partial charge on any atom is -0.480 e. The monoisotopic (exact) mass is 460 g/mol. The van der Waals surface area contributed by atoms with Crippen molar-refractivity contribution >= 4 is 23.7 Å². The smallest absolute Gasteiger partial charge is 0.411 e. The molecule has 0 saturated heterocycles. The van der Waals surface area contributed by atoms with Gasteiger partial charge in [-0.1, -0.05) is 48.5 Å². The molecule has 2 aliphatic rings. The van der Waals surface area contributed by atoms with Crippen LogP contribution in [0.2, 0.25) is 0 Å². The molecule has 174 valence electrons. The Kier molecular flexibility index (Phi) is 5.36. The number of furan rings is 1. The van der Waals surface area contributed by atoms with Gasteiger partial charge in [-0.15, -0.1) is 0 Å². The number of carbonyl (C=O) groups is 3. The van der Waals surface area contributed by atoms with Gasteiger partial charge < -0.3 is 19.6 Å². The van der Waals surface area contributed by atoms with Crippen molar-refractivity contribution in [1.29, 1.82) is 0 Å². The maximum Gasteiger partial charge on any atom is 0.411 e. The fourth-order valence-corrected chi connectivity index (χ4v) is 4.61. The third-order valence-corrected chi connectivity index (χ3v) is 6.66. The highest BCUT2D eigenvalue weighted by atomic mass is 16.5. The van der Waals surface area contributed by atoms with Crippen molar-refractivity contribution in [2.45, 2.75) is 31.2 Å². The molecule has 0 aliphatic heterocycles. The van der Waals surface area contributed by atoms with Crippen LogP contribution in [-0.4, -0.2) is 35.2 Å². The van der Waals surface area contributed by atoms with Crippen LogP contribution in [0.3, 0.4) is 0 Å². The predicted molar refractivity (Wildman–Crippen MR) is 124 cm³/mol. The van der Waals surface area contributed by atoms with Crippen molar-refractivity contribution in [3.05, 3.63) is 77.7 Å². The largest absolute Gasteiger partial charge is 0.480 e. The summed E-state index contributed by atoms with van der Waals surface area (Å²) in [4.78, 5) is 37.0. The molecule has 1 fully saturated rings. The van der Waals surface area contributed by atoms with Crippen molar-refractivity contribution in [2.75, 3.05) is 11.9 Å². The minimum atomic E-state index is -1.40. The van der Waals surface area contributed by atoms with Gasteiger partial charge in [-0.2, -0.15) is 0 Å². The highest BCUT2D eigenvalue weighted by Gasteiger charge is 2.49. The van der Waals surface area contributed by atoms with Crippen LogP contribution in [0, 0.1) is 5.92 Å². The van der Waals surface area contributed by atoms with Gasteiger partial charge in [0.05, 0.1) is 12.0 Å². The Hall–Kier alpha value is -4.07. The van der Waals surface area contributed by atoms with Gasteiger partial charge in [0.25, 0.3) is 5.91 Å². The molecule has 0 spiro atoms. The van der Waals surface area contributed by atoms with Crippen LogP contribution in [-0.2, 0) is 9.53 Å². The molecule has 2 aromatic carbocycles. The van der Waals surface area contributed by atoms with Crippen molar-refractivity contribution in [2.24, 2.45) is 5.92 Å². The molecular weight excluding hydrogens is 436 g/mol. The first-order valence-corrected chi connectivity index (χ1v) is 11.1. The standard InChI is InChI=1S/C26H24N2O6/c1-26(24(30)31,15-10-11-15)28-23(29)22-21(12-13-33-22)27-25(32)34-14-20-18-8-4-2-6-16(18)17-7-3-5-9-19(17)20/h2-9,12-13,15,20H,10-11,14H2,1H3,(H,27,32)(H,28,29)(H,30,31). The number of benzene rings is 2. The number of rotatable bonds is 7. The highest BCUT2D eigenvalue weighted by molar-refractivity contribution is 6.02. The Morgan fingerprint density at radius 1 is 1.03 bits per heavy atom. The lowest BCUT2D eigenvalue weighted by atomic mass is 9.96. The summed E-state index contributed by atoms with van der Waals surface area (Å²) in [6.07, 6.45) is 1.97. The molecule has 1 aromatic heterocycles. The summed E-state index contributed by atoms with van der Waals surface area (Å²) in [6.45, 7) is 1.60. The summed E-state index contributed by atoms with van der Waals surface area (Å²) in [5, 5.41) is 14.7. The first-order valence-electron chi connectivity index (χ1n) is 11.1. The first-order chi connectivity index (χ1) is 16.4. The minimum absolute atomic E-state index is 0.0971. The van der Waals surface area contributed by atoms with Crippen LogP contribution >= 0.6 is 0 Å². The number of carboxylic acids is 1. The quantitative estimate of drug-likeness (QED) is 0.473. The molecule has 3 N–H and O–H groups in total. The average molecular weight is 460 g/mol. The molecule has 1 heterocycles. The van der Waals surface area contributed by atoms with E-state index in [1.165, 1.54) is 19.3 Å². The average Bonchev–Trinajstić information content (AvgIpc) is 3.51. The number of ether oxygens (including phenoxy) is 1. The Morgan fingerprint density at radius 2 is 1.65 bits per heavy atom. The van der Waals surface area contributed by atoms with Crippen LogP contribution in [0.15, 0.2) is 65.3 Å². The zero-order chi connectivity index (χ0) is 23.9. The van der Waals surface area contributed by atoms with Crippen LogP contribution in [0.1, 0.15) is 47.4 Å². The number of fused-ring (bicyclic) bond motifs is 3. The van der Waals surface area contributed by atoms with Crippen molar-refractivity contribution in [3.8, 4) is 11.1 Å². The van der Waals surface area contributed by atoms with Crippen LogP contribution in [0.5, 0.6) is 0 Å². The van der Waals surface area contributed by atoms with E-state index in [2.05, 4.69) is 22.8 Å². The molecule has 5 rings (SSSR count). The fraction of sp³-hybridized carbons (Fsp3) is 0.269. The Morgan fingerprint density at radius 3 is 2.24 bits per heavy atom. The van der Waals surface area contributed by atoms with E-state index in [0.717, 1.165) is 35.1 Å². The number of hydrogen-bond donors (Lipinski definition) is 3. The molecule has 1 saturated carbocycles. The molecule has 8 nitrogen and oxygen atoms in total. The second kappa shape index (κ2) is 8.37. The number of aliphatic carboxylic acids is 1. The topological polar surface area (TPSA) is 118 Å². The highest BCUT2D eigenvalue weighted by Crippen LogP contribution is 2.44. The Labute approximate surface area is 195 Å². The van der Waals surface area contributed by atoms with Gasteiger partial charge in [-0.3, -0.25) is 10.1 Å². The number of carbonyl (C=O) groups excluding carboxylic acids is 2. The summed E-state index contributed by atoms with van der Waals surface area (Å²) in [5.74, 6) is -2.24. The summed E-state index contributed by atoms with van der Waals surface area (Å²) in [6, 6.07) is 17.5. The van der Waals surface area contributed by atoms with Gasteiger partial charge in [-0.05, 0) is 47.9 Å². The zero-order valence-corrected chi connectivity index (χ0v) is 18.5. The maximum atomic E-state index is 12.7. The molecule has 1 atom stereocenters. The van der Waals surface area contributed by atoms with Gasteiger partial charge in [-0.25, -0.2) is 9.59 Å². The number of anilines is 1. The number of nitrogens with one attached hydrogen (secondary N) is 2. The normalized spacial score (nSPS) is 16.1. The molecule has 0 bridgehead atoms. The van der Waals surface area contributed by atoms with E-state index in [-0.39, 0.29) is 29.9 Å². The lowest BCUT2D eigenvalue weighted by Gasteiger charge is -2.25. The zero-order valence-electron chi connectivity index (χ0n) is 18.5. The van der Waals surface area contributed by atoms with E-state index in [4.69, 9.17) is 9.15 Å². The van der Waals surface area contributed by atoms with E-state index in [0.29, 0.717) is 0 Å². The van der Waals surface area contributed by atoms with Gasteiger partial charge in [0, 0.05) is 12.0 Å². The number of amides is 2. The van der Waals surface area contributed by atoms with Gasteiger partial charge in [0.2, 0.25) is 5.76 Å². The number of carboxylic acid groups (broad SMARTS) is 1. The molecule has 34 heavy (non-hydrogen) atoms. The summed E-state index contributed by atoms with van der Waals surface area (Å²) >= 11 is 0. The second-order valence-electron chi connectivity index (χ2n) is 8.85.